The zero-order valence-corrected chi connectivity index (χ0v) is 14.4. The van der Waals surface area contributed by atoms with Gasteiger partial charge in [0.2, 0.25) is 0 Å². The number of carbonyl (C=O) groups excluding carboxylic acids is 2. The monoisotopic (exact) mass is 334 g/mol. The number of nitriles is 1. The van der Waals surface area contributed by atoms with Crippen LogP contribution in [0.1, 0.15) is 59.2 Å². The van der Waals surface area contributed by atoms with Crippen molar-refractivity contribution < 1.29 is 9.59 Å². The first kappa shape index (κ1) is 16.8. The van der Waals surface area contributed by atoms with E-state index in [1.54, 1.807) is 24.3 Å². The molecule has 126 valence electrons. The van der Waals surface area contributed by atoms with Crippen molar-refractivity contribution in [2.75, 3.05) is 0 Å². The number of aromatic nitrogens is 1. The van der Waals surface area contributed by atoms with Gasteiger partial charge >= 0.3 is 0 Å². The maximum Gasteiger partial charge on any atom is 0.273 e. The fourth-order valence-electron chi connectivity index (χ4n) is 3.31. The molecule has 2 aromatic rings. The molecule has 0 fully saturated rings. The highest BCUT2D eigenvalue weighted by Gasteiger charge is 2.34. The second-order valence-electron chi connectivity index (χ2n) is 7.21. The third kappa shape index (κ3) is 2.91. The maximum absolute atomic E-state index is 12.8. The van der Waals surface area contributed by atoms with E-state index >= 15 is 0 Å². The van der Waals surface area contributed by atoms with Gasteiger partial charge in [-0.05, 0) is 49.1 Å². The Labute approximate surface area is 145 Å². The lowest BCUT2D eigenvalue weighted by molar-refractivity contribution is 0.0908. The minimum atomic E-state index is -0.442. The highest BCUT2D eigenvalue weighted by Crippen LogP contribution is 2.35. The van der Waals surface area contributed by atoms with Gasteiger partial charge in [-0.2, -0.15) is 5.26 Å². The summed E-state index contributed by atoms with van der Waals surface area (Å²) < 4.78 is 1.44. The van der Waals surface area contributed by atoms with Crippen molar-refractivity contribution in [1.29, 1.82) is 5.26 Å². The van der Waals surface area contributed by atoms with E-state index in [0.29, 0.717) is 35.3 Å². The molecule has 0 atom stereocenters. The number of rotatable bonds is 2. The van der Waals surface area contributed by atoms with Gasteiger partial charge in [0.05, 0.1) is 0 Å². The molecule has 1 aromatic carbocycles. The smallest absolute Gasteiger partial charge is 0.273 e. The Kier molecular flexibility index (Phi) is 3.92. The molecule has 0 radical (unpaired) electrons. The molecule has 0 N–H and O–H groups in total. The van der Waals surface area contributed by atoms with E-state index in [4.69, 9.17) is 0 Å². The van der Waals surface area contributed by atoms with Gasteiger partial charge in [0, 0.05) is 28.9 Å². The van der Waals surface area contributed by atoms with Gasteiger partial charge in [0.25, 0.3) is 5.56 Å². The van der Waals surface area contributed by atoms with Crippen molar-refractivity contribution in [2.45, 2.75) is 33.6 Å². The lowest BCUT2D eigenvalue weighted by atomic mass is 9.75. The first-order valence-electron chi connectivity index (χ1n) is 8.07. The normalized spacial score (nSPS) is 15.4. The number of hydrogen-bond donors (Lipinski definition) is 0. The van der Waals surface area contributed by atoms with Crippen molar-refractivity contribution >= 4 is 11.6 Å². The van der Waals surface area contributed by atoms with Gasteiger partial charge < -0.3 is 0 Å². The Morgan fingerprint density at radius 1 is 1.16 bits per heavy atom. The van der Waals surface area contributed by atoms with E-state index in [0.717, 1.165) is 0 Å². The minimum Gasteiger partial charge on any atom is -0.295 e. The standard InChI is InChI=1S/C20H18N2O3/c1-12(23)13-4-6-15(7-5-13)22-17-9-20(2,3)10-18(24)16(17)8-14(11-21)19(22)25/h4-8H,9-10H2,1-3H3. The van der Waals surface area contributed by atoms with E-state index in [9.17, 15) is 19.6 Å². The molecule has 1 aromatic heterocycles. The van der Waals surface area contributed by atoms with Crippen molar-refractivity contribution in [3.05, 3.63) is 63.1 Å². The van der Waals surface area contributed by atoms with Crippen LogP contribution in [0.3, 0.4) is 0 Å². The molecule has 3 rings (SSSR count). The van der Waals surface area contributed by atoms with Crippen LogP contribution in [-0.4, -0.2) is 16.1 Å². The van der Waals surface area contributed by atoms with E-state index in [2.05, 4.69) is 0 Å². The van der Waals surface area contributed by atoms with Crippen LogP contribution in [0.15, 0.2) is 35.1 Å². The lowest BCUT2D eigenvalue weighted by Crippen LogP contribution is -2.35. The second kappa shape index (κ2) is 5.82. The molecule has 5 heteroatoms. The average molecular weight is 334 g/mol. The van der Waals surface area contributed by atoms with Crippen molar-refractivity contribution in [2.24, 2.45) is 5.41 Å². The van der Waals surface area contributed by atoms with Crippen LogP contribution < -0.4 is 5.56 Å². The molecule has 1 aliphatic rings. The molecule has 0 unspecified atom stereocenters. The zero-order chi connectivity index (χ0) is 18.4. The summed E-state index contributed by atoms with van der Waals surface area (Å²) in [6.45, 7) is 5.44. The van der Waals surface area contributed by atoms with Crippen LogP contribution in [-0.2, 0) is 6.42 Å². The third-order valence-electron chi connectivity index (χ3n) is 4.54. The van der Waals surface area contributed by atoms with Crippen LogP contribution in [0.4, 0.5) is 0 Å². The van der Waals surface area contributed by atoms with Crippen LogP contribution in [0.5, 0.6) is 0 Å². The molecule has 1 aliphatic carbocycles. The van der Waals surface area contributed by atoms with E-state index in [1.165, 1.54) is 17.6 Å². The number of fused-ring (bicyclic) bond motifs is 1. The Morgan fingerprint density at radius 2 is 1.80 bits per heavy atom. The summed E-state index contributed by atoms with van der Waals surface area (Å²) in [7, 11) is 0. The predicted octanol–water partition coefficient (Wildman–Crippen LogP) is 3.07. The van der Waals surface area contributed by atoms with E-state index in [-0.39, 0.29) is 22.5 Å². The molecular formula is C20H18N2O3. The Hall–Kier alpha value is -3.00. The zero-order valence-electron chi connectivity index (χ0n) is 14.4. The summed E-state index contributed by atoms with van der Waals surface area (Å²) >= 11 is 0. The molecule has 0 saturated carbocycles. The van der Waals surface area contributed by atoms with Gasteiger partial charge in [0.15, 0.2) is 11.6 Å². The molecule has 0 saturated heterocycles. The Morgan fingerprint density at radius 3 is 2.36 bits per heavy atom. The number of benzene rings is 1. The Bertz CT molecular complexity index is 989. The highest BCUT2D eigenvalue weighted by molar-refractivity contribution is 5.99. The molecule has 0 aliphatic heterocycles. The number of Topliss-reactive ketones (excluding diaryl/α,β-unsaturated/α-hetero) is 2. The summed E-state index contributed by atoms with van der Waals surface area (Å²) in [4.78, 5) is 36.8. The molecule has 0 spiro atoms. The number of pyridine rings is 1. The number of nitrogens with zero attached hydrogens (tertiary/aromatic N) is 2. The fourth-order valence-corrected chi connectivity index (χ4v) is 3.31. The summed E-state index contributed by atoms with van der Waals surface area (Å²) in [5.74, 6) is -0.125. The molecular weight excluding hydrogens is 316 g/mol. The number of hydrogen-bond acceptors (Lipinski definition) is 4. The molecule has 0 amide bonds. The fraction of sp³-hybridized carbons (Fsp3) is 0.300. The van der Waals surface area contributed by atoms with Crippen LogP contribution in [0.25, 0.3) is 5.69 Å². The topological polar surface area (TPSA) is 79.9 Å². The maximum atomic E-state index is 12.8. The SMILES string of the molecule is CC(=O)c1ccc(-n2c3c(cc(C#N)c2=O)C(=O)CC(C)(C)C3)cc1. The summed E-state index contributed by atoms with van der Waals surface area (Å²) in [5, 5.41) is 9.28. The van der Waals surface area contributed by atoms with E-state index in [1.807, 2.05) is 19.9 Å². The molecule has 25 heavy (non-hydrogen) atoms. The summed E-state index contributed by atoms with van der Waals surface area (Å²) in [6.07, 6.45) is 0.940. The van der Waals surface area contributed by atoms with Crippen LogP contribution in [0, 0.1) is 16.7 Å². The van der Waals surface area contributed by atoms with Crippen molar-refractivity contribution in [3.63, 3.8) is 0 Å². The quantitative estimate of drug-likeness (QED) is 0.791. The number of carbonyl (C=O) groups is 2. The highest BCUT2D eigenvalue weighted by atomic mass is 16.1. The number of ketones is 2. The van der Waals surface area contributed by atoms with Crippen LogP contribution in [0.2, 0.25) is 0 Å². The van der Waals surface area contributed by atoms with Gasteiger partial charge in [0.1, 0.15) is 11.6 Å². The molecule has 0 bridgehead atoms. The van der Waals surface area contributed by atoms with Gasteiger partial charge in [-0.1, -0.05) is 13.8 Å². The summed E-state index contributed by atoms with van der Waals surface area (Å²) in [5.41, 5.74) is 1.40. The van der Waals surface area contributed by atoms with Gasteiger partial charge in [-0.15, -0.1) is 0 Å². The minimum absolute atomic E-state index is 0.0533. The average Bonchev–Trinajstić information content (AvgIpc) is 2.53. The second-order valence-corrected chi connectivity index (χ2v) is 7.21. The Balaban J connectivity index is 2.30. The molecule has 5 nitrogen and oxygen atoms in total. The third-order valence-corrected chi connectivity index (χ3v) is 4.54. The summed E-state index contributed by atoms with van der Waals surface area (Å²) in [6, 6.07) is 9.93. The largest absolute Gasteiger partial charge is 0.295 e. The first-order valence-corrected chi connectivity index (χ1v) is 8.07. The predicted molar refractivity (Wildman–Crippen MR) is 93.2 cm³/mol. The van der Waals surface area contributed by atoms with Gasteiger partial charge in [-0.3, -0.25) is 19.0 Å². The lowest BCUT2D eigenvalue weighted by Gasteiger charge is -2.32. The first-order chi connectivity index (χ1) is 11.7. The van der Waals surface area contributed by atoms with Crippen molar-refractivity contribution in [3.8, 4) is 11.8 Å². The van der Waals surface area contributed by atoms with E-state index < -0.39 is 5.56 Å². The van der Waals surface area contributed by atoms with Crippen molar-refractivity contribution in [1.82, 2.24) is 4.57 Å². The van der Waals surface area contributed by atoms with Gasteiger partial charge in [-0.25, -0.2) is 0 Å². The van der Waals surface area contributed by atoms with Crippen LogP contribution >= 0.6 is 0 Å². The molecule has 1 heterocycles.